The third kappa shape index (κ3) is 5.20. The predicted octanol–water partition coefficient (Wildman–Crippen LogP) is 3.81. The quantitative estimate of drug-likeness (QED) is 0.439. The summed E-state index contributed by atoms with van der Waals surface area (Å²) in [5.41, 5.74) is 1.64. The van der Waals surface area contributed by atoms with Crippen molar-refractivity contribution in [1.29, 1.82) is 0 Å². The first-order chi connectivity index (χ1) is 14.1. The van der Waals surface area contributed by atoms with Gasteiger partial charge in [0.25, 0.3) is 5.91 Å². The summed E-state index contributed by atoms with van der Waals surface area (Å²) < 4.78 is 13.4. The second-order valence-electron chi connectivity index (χ2n) is 6.01. The van der Waals surface area contributed by atoms with Gasteiger partial charge in [-0.15, -0.1) is 0 Å². The number of benzene rings is 2. The van der Waals surface area contributed by atoms with Crippen molar-refractivity contribution in [2.45, 2.75) is 20.4 Å². The SMILES string of the molecule is CCOC(=O)Cn1c(=NC(=O)C=Cc2ccccc2)sc2cccc(OCC)c21. The Morgan fingerprint density at radius 2 is 1.86 bits per heavy atom. The minimum Gasteiger partial charge on any atom is -0.492 e. The molecule has 3 rings (SSSR count). The molecule has 0 aliphatic heterocycles. The van der Waals surface area contributed by atoms with Crippen molar-refractivity contribution in [3.8, 4) is 5.75 Å². The maximum atomic E-state index is 12.4. The third-order valence-electron chi connectivity index (χ3n) is 3.98. The molecule has 7 heteroatoms. The molecule has 0 aliphatic carbocycles. The molecule has 0 fully saturated rings. The van der Waals surface area contributed by atoms with Crippen LogP contribution < -0.4 is 9.54 Å². The van der Waals surface area contributed by atoms with Gasteiger partial charge in [-0.05, 0) is 37.6 Å². The lowest BCUT2D eigenvalue weighted by atomic mass is 10.2. The fourth-order valence-electron chi connectivity index (χ4n) is 2.80. The number of thiazole rings is 1. The van der Waals surface area contributed by atoms with E-state index in [0.29, 0.717) is 17.2 Å². The van der Waals surface area contributed by atoms with Crippen LogP contribution in [-0.2, 0) is 20.9 Å². The number of para-hydroxylation sites is 1. The zero-order chi connectivity index (χ0) is 20.6. The van der Waals surface area contributed by atoms with E-state index in [2.05, 4.69) is 4.99 Å². The highest BCUT2D eigenvalue weighted by molar-refractivity contribution is 7.16. The Balaban J connectivity index is 2.04. The summed E-state index contributed by atoms with van der Waals surface area (Å²) in [7, 11) is 0. The van der Waals surface area contributed by atoms with Gasteiger partial charge in [-0.2, -0.15) is 4.99 Å². The van der Waals surface area contributed by atoms with Crippen LogP contribution in [0.4, 0.5) is 0 Å². The lowest BCUT2D eigenvalue weighted by molar-refractivity contribution is -0.143. The van der Waals surface area contributed by atoms with Crippen LogP contribution in [0, 0.1) is 0 Å². The topological polar surface area (TPSA) is 69.9 Å². The van der Waals surface area contributed by atoms with Gasteiger partial charge < -0.3 is 14.0 Å². The number of hydrogen-bond acceptors (Lipinski definition) is 5. The second-order valence-corrected chi connectivity index (χ2v) is 7.01. The first-order valence-electron chi connectivity index (χ1n) is 9.35. The van der Waals surface area contributed by atoms with Crippen molar-refractivity contribution in [2.24, 2.45) is 4.99 Å². The van der Waals surface area contributed by atoms with Crippen molar-refractivity contribution in [3.05, 3.63) is 65.0 Å². The number of nitrogens with zero attached hydrogens (tertiary/aromatic N) is 2. The van der Waals surface area contributed by atoms with E-state index in [-0.39, 0.29) is 13.2 Å². The third-order valence-corrected chi connectivity index (χ3v) is 5.02. The summed E-state index contributed by atoms with van der Waals surface area (Å²) in [6.45, 7) is 4.37. The van der Waals surface area contributed by atoms with Gasteiger partial charge in [0.05, 0.1) is 17.9 Å². The molecule has 2 aromatic carbocycles. The number of rotatable bonds is 7. The Hall–Kier alpha value is -3.19. The number of hydrogen-bond donors (Lipinski definition) is 0. The summed E-state index contributed by atoms with van der Waals surface area (Å²) in [5, 5.41) is 0. The standard InChI is InChI=1S/C22H22N2O4S/c1-3-27-17-11-8-12-18-21(17)24(15-20(26)28-4-2)22(29-18)23-19(25)14-13-16-9-6-5-7-10-16/h5-14H,3-4,15H2,1-2H3. The van der Waals surface area contributed by atoms with Gasteiger partial charge >= 0.3 is 5.97 Å². The Bertz CT molecular complexity index is 1100. The summed E-state index contributed by atoms with van der Waals surface area (Å²) in [6.07, 6.45) is 3.12. The van der Waals surface area contributed by atoms with E-state index in [4.69, 9.17) is 9.47 Å². The highest BCUT2D eigenvalue weighted by atomic mass is 32.1. The van der Waals surface area contributed by atoms with Gasteiger partial charge in [-0.25, -0.2) is 0 Å². The average Bonchev–Trinajstić information content (AvgIpc) is 3.05. The van der Waals surface area contributed by atoms with Gasteiger partial charge in [-0.3, -0.25) is 9.59 Å². The number of ether oxygens (including phenoxy) is 2. The van der Waals surface area contributed by atoms with Crippen LogP contribution in [0.3, 0.4) is 0 Å². The Morgan fingerprint density at radius 3 is 2.59 bits per heavy atom. The normalized spacial score (nSPS) is 11.9. The molecule has 1 amide bonds. The summed E-state index contributed by atoms with van der Waals surface area (Å²) in [6, 6.07) is 15.1. The Morgan fingerprint density at radius 1 is 1.07 bits per heavy atom. The maximum absolute atomic E-state index is 12.4. The lowest BCUT2D eigenvalue weighted by Crippen LogP contribution is -2.23. The number of carbonyl (C=O) groups is 2. The summed E-state index contributed by atoms with van der Waals surface area (Å²) in [4.78, 5) is 29.2. The van der Waals surface area contributed by atoms with Crippen molar-refractivity contribution in [1.82, 2.24) is 4.57 Å². The molecule has 0 N–H and O–H groups in total. The molecule has 0 bridgehead atoms. The molecule has 1 heterocycles. The highest BCUT2D eigenvalue weighted by Crippen LogP contribution is 2.27. The van der Waals surface area contributed by atoms with E-state index in [1.165, 1.54) is 17.4 Å². The molecule has 0 radical (unpaired) electrons. The molecule has 3 aromatic rings. The first-order valence-corrected chi connectivity index (χ1v) is 10.2. The molecule has 6 nitrogen and oxygen atoms in total. The Labute approximate surface area is 172 Å². The number of amides is 1. The van der Waals surface area contributed by atoms with E-state index in [1.807, 2.05) is 55.5 Å². The van der Waals surface area contributed by atoms with Crippen LogP contribution in [0.1, 0.15) is 19.4 Å². The van der Waals surface area contributed by atoms with Crippen LogP contribution in [0.2, 0.25) is 0 Å². The fraction of sp³-hybridized carbons (Fsp3) is 0.227. The Kier molecular flexibility index (Phi) is 6.97. The number of esters is 1. The predicted molar refractivity (Wildman–Crippen MR) is 114 cm³/mol. The van der Waals surface area contributed by atoms with Crippen LogP contribution in [-0.4, -0.2) is 29.7 Å². The van der Waals surface area contributed by atoms with Crippen molar-refractivity contribution < 1.29 is 19.1 Å². The number of carbonyl (C=O) groups excluding carboxylic acids is 2. The van der Waals surface area contributed by atoms with Gasteiger partial charge in [0.2, 0.25) is 0 Å². The van der Waals surface area contributed by atoms with E-state index < -0.39 is 11.9 Å². The smallest absolute Gasteiger partial charge is 0.326 e. The molecular formula is C22H22N2O4S. The first kappa shape index (κ1) is 20.5. The van der Waals surface area contributed by atoms with Gasteiger partial charge in [0.15, 0.2) is 4.80 Å². The van der Waals surface area contributed by atoms with Gasteiger partial charge in [0, 0.05) is 6.08 Å². The van der Waals surface area contributed by atoms with Gasteiger partial charge in [-0.1, -0.05) is 47.7 Å². The van der Waals surface area contributed by atoms with Crippen LogP contribution >= 0.6 is 11.3 Å². The van der Waals surface area contributed by atoms with Crippen molar-refractivity contribution in [3.63, 3.8) is 0 Å². The number of aromatic nitrogens is 1. The molecule has 0 saturated heterocycles. The lowest BCUT2D eigenvalue weighted by Gasteiger charge is -2.09. The van der Waals surface area contributed by atoms with E-state index in [9.17, 15) is 9.59 Å². The van der Waals surface area contributed by atoms with E-state index >= 15 is 0 Å². The minimum absolute atomic E-state index is 0.0492. The molecule has 0 spiro atoms. The minimum atomic E-state index is -0.407. The molecule has 0 unspecified atom stereocenters. The molecule has 0 saturated carbocycles. The molecule has 29 heavy (non-hydrogen) atoms. The summed E-state index contributed by atoms with van der Waals surface area (Å²) >= 11 is 1.33. The largest absolute Gasteiger partial charge is 0.492 e. The summed E-state index contributed by atoms with van der Waals surface area (Å²) in [5.74, 6) is -0.164. The average molecular weight is 410 g/mol. The zero-order valence-corrected chi connectivity index (χ0v) is 17.1. The van der Waals surface area contributed by atoms with Gasteiger partial charge in [0.1, 0.15) is 17.8 Å². The maximum Gasteiger partial charge on any atom is 0.326 e. The van der Waals surface area contributed by atoms with Crippen LogP contribution in [0.5, 0.6) is 5.75 Å². The zero-order valence-electron chi connectivity index (χ0n) is 16.3. The molecular weight excluding hydrogens is 388 g/mol. The van der Waals surface area contributed by atoms with Crippen molar-refractivity contribution in [2.75, 3.05) is 13.2 Å². The van der Waals surface area contributed by atoms with Crippen LogP contribution in [0.15, 0.2) is 59.6 Å². The second kappa shape index (κ2) is 9.84. The molecule has 0 atom stereocenters. The fourth-order valence-corrected chi connectivity index (χ4v) is 3.85. The highest BCUT2D eigenvalue weighted by Gasteiger charge is 2.15. The molecule has 1 aromatic heterocycles. The molecule has 150 valence electrons. The molecule has 0 aliphatic rings. The monoisotopic (exact) mass is 410 g/mol. The van der Waals surface area contributed by atoms with Crippen molar-refractivity contribution >= 4 is 39.5 Å². The number of fused-ring (bicyclic) bond motifs is 1. The van der Waals surface area contributed by atoms with E-state index in [1.54, 1.807) is 17.6 Å². The van der Waals surface area contributed by atoms with E-state index in [0.717, 1.165) is 15.8 Å². The van der Waals surface area contributed by atoms with Crippen LogP contribution in [0.25, 0.3) is 16.3 Å².